The summed E-state index contributed by atoms with van der Waals surface area (Å²) in [5.41, 5.74) is 4.37. The van der Waals surface area contributed by atoms with E-state index in [1.165, 1.54) is 14.1 Å². The van der Waals surface area contributed by atoms with Crippen molar-refractivity contribution in [3.05, 3.63) is 53.1 Å². The summed E-state index contributed by atoms with van der Waals surface area (Å²) >= 11 is 0. The van der Waals surface area contributed by atoms with Crippen LogP contribution in [-0.4, -0.2) is 39.3 Å². The highest BCUT2D eigenvalue weighted by molar-refractivity contribution is 7.89. The molecule has 2 rings (SSSR count). The summed E-state index contributed by atoms with van der Waals surface area (Å²) in [6.45, 7) is 5.84. The zero-order chi connectivity index (χ0) is 19.5. The third kappa shape index (κ3) is 4.62. The normalized spacial score (nSPS) is 11.5. The number of aryl methyl sites for hydroxylation is 3. The zero-order valence-electron chi connectivity index (χ0n) is 15.8. The van der Waals surface area contributed by atoms with Gasteiger partial charge in [-0.15, -0.1) is 0 Å². The van der Waals surface area contributed by atoms with Gasteiger partial charge in [-0.05, 0) is 50.1 Å². The van der Waals surface area contributed by atoms with Crippen molar-refractivity contribution in [2.45, 2.75) is 25.7 Å². The molecule has 0 aromatic heterocycles. The van der Waals surface area contributed by atoms with Crippen LogP contribution in [0, 0.1) is 20.8 Å². The molecule has 0 fully saturated rings. The summed E-state index contributed by atoms with van der Waals surface area (Å²) in [6.07, 6.45) is 0. The number of carbonyl (C=O) groups excluding carboxylic acids is 1. The molecule has 0 unspecified atom stereocenters. The summed E-state index contributed by atoms with van der Waals surface area (Å²) in [5, 5.41) is 5.88. The van der Waals surface area contributed by atoms with Gasteiger partial charge in [-0.25, -0.2) is 12.7 Å². The van der Waals surface area contributed by atoms with Crippen LogP contribution in [0.15, 0.2) is 41.3 Å². The van der Waals surface area contributed by atoms with Gasteiger partial charge in [-0.1, -0.05) is 23.8 Å². The van der Waals surface area contributed by atoms with Gasteiger partial charge in [0.2, 0.25) is 15.9 Å². The maximum atomic E-state index is 12.3. The van der Waals surface area contributed by atoms with E-state index < -0.39 is 10.0 Å². The van der Waals surface area contributed by atoms with Crippen LogP contribution in [0.1, 0.15) is 16.7 Å². The summed E-state index contributed by atoms with van der Waals surface area (Å²) in [5.74, 6) is -0.197. The largest absolute Gasteiger partial charge is 0.376 e. The van der Waals surface area contributed by atoms with Crippen LogP contribution in [0.2, 0.25) is 0 Å². The third-order valence-corrected chi connectivity index (χ3v) is 5.89. The second-order valence-corrected chi connectivity index (χ2v) is 8.64. The van der Waals surface area contributed by atoms with E-state index in [0.29, 0.717) is 5.69 Å². The number of rotatable bonds is 6. The molecule has 26 heavy (non-hydrogen) atoms. The van der Waals surface area contributed by atoms with Crippen molar-refractivity contribution in [3.8, 4) is 0 Å². The molecule has 0 saturated heterocycles. The van der Waals surface area contributed by atoms with Gasteiger partial charge in [0.25, 0.3) is 0 Å². The standard InChI is InChI=1S/C19H25N3O3S/c1-13-6-9-17(15(3)10-13)21-19(23)12-20-18-11-16(8-7-14(18)2)26(24,25)22(4)5/h6-11,20H,12H2,1-5H3,(H,21,23). The number of hydrogen-bond donors (Lipinski definition) is 2. The number of benzene rings is 2. The van der Waals surface area contributed by atoms with Crippen LogP contribution in [0.3, 0.4) is 0 Å². The molecule has 0 bridgehead atoms. The molecule has 0 aliphatic heterocycles. The monoisotopic (exact) mass is 375 g/mol. The topological polar surface area (TPSA) is 78.5 Å². The Balaban J connectivity index is 2.10. The molecular weight excluding hydrogens is 350 g/mol. The Morgan fingerprint density at radius 1 is 0.962 bits per heavy atom. The average Bonchev–Trinajstić information content (AvgIpc) is 2.56. The average molecular weight is 375 g/mol. The first-order valence-electron chi connectivity index (χ1n) is 8.25. The quantitative estimate of drug-likeness (QED) is 0.814. The Kier molecular flexibility index (Phi) is 6.05. The molecule has 2 aromatic carbocycles. The van der Waals surface area contributed by atoms with Gasteiger partial charge in [0.15, 0.2) is 0 Å². The smallest absolute Gasteiger partial charge is 0.243 e. The van der Waals surface area contributed by atoms with Gasteiger partial charge >= 0.3 is 0 Å². The highest BCUT2D eigenvalue weighted by Gasteiger charge is 2.18. The number of hydrogen-bond acceptors (Lipinski definition) is 4. The molecule has 7 heteroatoms. The fourth-order valence-electron chi connectivity index (χ4n) is 2.49. The van der Waals surface area contributed by atoms with Crippen LogP contribution in [0.25, 0.3) is 0 Å². The van der Waals surface area contributed by atoms with Crippen molar-refractivity contribution in [2.24, 2.45) is 0 Å². The summed E-state index contributed by atoms with van der Waals surface area (Å²) in [7, 11) is -0.549. The van der Waals surface area contributed by atoms with Gasteiger partial charge in [0.1, 0.15) is 0 Å². The lowest BCUT2D eigenvalue weighted by Crippen LogP contribution is -2.24. The number of amides is 1. The Hall–Kier alpha value is -2.38. The molecule has 0 heterocycles. The second-order valence-electron chi connectivity index (χ2n) is 6.48. The Morgan fingerprint density at radius 3 is 2.27 bits per heavy atom. The van der Waals surface area contributed by atoms with Crippen LogP contribution in [0.4, 0.5) is 11.4 Å². The lowest BCUT2D eigenvalue weighted by molar-refractivity contribution is -0.114. The molecule has 2 aromatic rings. The molecule has 0 saturated carbocycles. The number of anilines is 2. The summed E-state index contributed by atoms with van der Waals surface area (Å²) in [4.78, 5) is 12.4. The van der Waals surface area contributed by atoms with Gasteiger partial charge in [0, 0.05) is 25.5 Å². The fourth-order valence-corrected chi connectivity index (χ4v) is 3.42. The lowest BCUT2D eigenvalue weighted by atomic mass is 10.1. The Bertz CT molecular complexity index is 922. The molecule has 0 radical (unpaired) electrons. The number of sulfonamides is 1. The third-order valence-electron chi connectivity index (χ3n) is 4.08. The van der Waals surface area contributed by atoms with Crippen LogP contribution < -0.4 is 10.6 Å². The van der Waals surface area contributed by atoms with Gasteiger partial charge in [0.05, 0.1) is 11.4 Å². The predicted octanol–water partition coefficient (Wildman–Crippen LogP) is 2.91. The fraction of sp³-hybridized carbons (Fsp3) is 0.316. The van der Waals surface area contributed by atoms with Crippen molar-refractivity contribution in [2.75, 3.05) is 31.3 Å². The van der Waals surface area contributed by atoms with E-state index in [2.05, 4.69) is 10.6 Å². The van der Waals surface area contributed by atoms with E-state index in [0.717, 1.165) is 26.7 Å². The minimum atomic E-state index is -3.52. The Morgan fingerprint density at radius 2 is 1.65 bits per heavy atom. The number of nitrogens with zero attached hydrogens (tertiary/aromatic N) is 1. The highest BCUT2D eigenvalue weighted by Crippen LogP contribution is 2.22. The first-order valence-corrected chi connectivity index (χ1v) is 9.69. The van der Waals surface area contributed by atoms with Gasteiger partial charge in [-0.2, -0.15) is 0 Å². The maximum Gasteiger partial charge on any atom is 0.243 e. The van der Waals surface area contributed by atoms with E-state index in [9.17, 15) is 13.2 Å². The minimum Gasteiger partial charge on any atom is -0.376 e. The molecular formula is C19H25N3O3S. The maximum absolute atomic E-state index is 12.3. The SMILES string of the molecule is Cc1ccc(NC(=O)CNc2cc(S(=O)(=O)N(C)C)ccc2C)c(C)c1. The second kappa shape index (κ2) is 7.88. The first-order chi connectivity index (χ1) is 12.1. The van der Waals surface area contributed by atoms with Crippen molar-refractivity contribution >= 4 is 27.3 Å². The van der Waals surface area contributed by atoms with E-state index in [4.69, 9.17) is 0 Å². The number of carbonyl (C=O) groups is 1. The molecule has 0 spiro atoms. The minimum absolute atomic E-state index is 0.0413. The first kappa shape index (κ1) is 19.9. The van der Waals surface area contributed by atoms with Crippen molar-refractivity contribution < 1.29 is 13.2 Å². The van der Waals surface area contributed by atoms with Crippen molar-refractivity contribution in [1.29, 1.82) is 0 Å². The van der Waals surface area contributed by atoms with Crippen LogP contribution in [0.5, 0.6) is 0 Å². The molecule has 0 aliphatic rings. The molecule has 140 valence electrons. The van der Waals surface area contributed by atoms with E-state index in [-0.39, 0.29) is 17.3 Å². The Labute approximate surface area is 155 Å². The molecule has 6 nitrogen and oxygen atoms in total. The van der Waals surface area contributed by atoms with E-state index >= 15 is 0 Å². The van der Waals surface area contributed by atoms with Gasteiger partial charge < -0.3 is 10.6 Å². The summed E-state index contributed by atoms with van der Waals surface area (Å²) < 4.78 is 25.7. The zero-order valence-corrected chi connectivity index (χ0v) is 16.6. The van der Waals surface area contributed by atoms with E-state index in [1.807, 2.05) is 39.0 Å². The van der Waals surface area contributed by atoms with Gasteiger partial charge in [-0.3, -0.25) is 4.79 Å². The predicted molar refractivity (Wildman–Crippen MR) is 105 cm³/mol. The number of nitrogens with one attached hydrogen (secondary N) is 2. The van der Waals surface area contributed by atoms with Crippen LogP contribution >= 0.6 is 0 Å². The van der Waals surface area contributed by atoms with Crippen molar-refractivity contribution in [3.63, 3.8) is 0 Å². The molecule has 2 N–H and O–H groups in total. The molecule has 0 atom stereocenters. The summed E-state index contributed by atoms with van der Waals surface area (Å²) in [6, 6.07) is 10.7. The molecule has 1 amide bonds. The van der Waals surface area contributed by atoms with E-state index in [1.54, 1.807) is 18.2 Å². The van der Waals surface area contributed by atoms with Crippen molar-refractivity contribution in [1.82, 2.24) is 4.31 Å². The lowest BCUT2D eigenvalue weighted by Gasteiger charge is -2.15. The van der Waals surface area contributed by atoms with Crippen LogP contribution in [-0.2, 0) is 14.8 Å². The molecule has 0 aliphatic carbocycles. The highest BCUT2D eigenvalue weighted by atomic mass is 32.2.